The lowest BCUT2D eigenvalue weighted by molar-refractivity contribution is -0.134. The molecule has 1 aromatic carbocycles. The first-order valence-corrected chi connectivity index (χ1v) is 7.83. The number of nitrogens with one attached hydrogen (secondary N) is 1. The number of hydrogen-bond acceptors (Lipinski definition) is 6. The molecule has 3 rings (SSSR count). The van der Waals surface area contributed by atoms with Crippen molar-refractivity contribution in [3.63, 3.8) is 0 Å². The molecule has 2 heterocycles. The zero-order chi connectivity index (χ0) is 16.8. The van der Waals surface area contributed by atoms with Crippen molar-refractivity contribution in [1.29, 1.82) is 0 Å². The predicted molar refractivity (Wildman–Crippen MR) is 89.4 cm³/mol. The van der Waals surface area contributed by atoms with E-state index in [0.717, 1.165) is 11.3 Å². The molecule has 1 fully saturated rings. The summed E-state index contributed by atoms with van der Waals surface area (Å²) in [5.74, 6) is 1.10. The molecule has 1 saturated heterocycles. The van der Waals surface area contributed by atoms with E-state index in [2.05, 4.69) is 15.3 Å². The Morgan fingerprint density at radius 2 is 2.00 bits per heavy atom. The fraction of sp³-hybridized carbons (Fsp3) is 0.353. The van der Waals surface area contributed by atoms with E-state index in [-0.39, 0.29) is 5.91 Å². The van der Waals surface area contributed by atoms with Gasteiger partial charge in [-0.05, 0) is 17.7 Å². The van der Waals surface area contributed by atoms with Gasteiger partial charge in [-0.3, -0.25) is 4.79 Å². The second kappa shape index (κ2) is 7.74. The average molecular weight is 328 g/mol. The van der Waals surface area contributed by atoms with E-state index in [4.69, 9.17) is 9.47 Å². The lowest BCUT2D eigenvalue weighted by Gasteiger charge is -2.26. The maximum Gasteiger partial charge on any atom is 0.230 e. The molecular weight excluding hydrogens is 308 g/mol. The number of methoxy groups -OCH3 is 1. The molecule has 0 bridgehead atoms. The van der Waals surface area contributed by atoms with Gasteiger partial charge in [0.1, 0.15) is 0 Å². The van der Waals surface area contributed by atoms with Gasteiger partial charge in [0.15, 0.2) is 0 Å². The normalized spacial score (nSPS) is 14.3. The highest BCUT2D eigenvalue weighted by Crippen LogP contribution is 2.16. The number of morpholine rings is 1. The fourth-order valence-corrected chi connectivity index (χ4v) is 2.45. The maximum atomic E-state index is 12.2. The first-order valence-electron chi connectivity index (χ1n) is 7.83. The summed E-state index contributed by atoms with van der Waals surface area (Å²) in [5, 5.41) is 3.11. The summed E-state index contributed by atoms with van der Waals surface area (Å²) in [6.07, 6.45) is 2.03. The quantitative estimate of drug-likeness (QED) is 0.899. The van der Waals surface area contributed by atoms with Gasteiger partial charge in [-0.1, -0.05) is 12.1 Å². The molecule has 2 aromatic rings. The van der Waals surface area contributed by atoms with Gasteiger partial charge in [-0.15, -0.1) is 0 Å². The number of rotatable bonds is 5. The lowest BCUT2D eigenvalue weighted by atomic mass is 10.1. The van der Waals surface area contributed by atoms with Crippen LogP contribution in [0.2, 0.25) is 0 Å². The molecule has 7 nitrogen and oxygen atoms in total. The molecule has 0 spiro atoms. The predicted octanol–water partition coefficient (Wildman–Crippen LogP) is 1.63. The van der Waals surface area contributed by atoms with Crippen LogP contribution in [0.25, 0.3) is 0 Å². The van der Waals surface area contributed by atoms with Crippen molar-refractivity contribution in [2.75, 3.05) is 38.7 Å². The Labute approximate surface area is 140 Å². The average Bonchev–Trinajstić information content (AvgIpc) is 2.64. The minimum absolute atomic E-state index is 0.134. The summed E-state index contributed by atoms with van der Waals surface area (Å²) in [5.41, 5.74) is 1.83. The lowest BCUT2D eigenvalue weighted by Crippen LogP contribution is -2.41. The molecule has 126 valence electrons. The van der Waals surface area contributed by atoms with Crippen molar-refractivity contribution in [2.24, 2.45) is 0 Å². The van der Waals surface area contributed by atoms with Crippen molar-refractivity contribution >= 4 is 17.5 Å². The molecule has 0 aliphatic carbocycles. The third-order valence-electron chi connectivity index (χ3n) is 3.77. The Balaban J connectivity index is 1.59. The zero-order valence-corrected chi connectivity index (χ0v) is 13.6. The van der Waals surface area contributed by atoms with Crippen LogP contribution in [0.4, 0.5) is 11.6 Å². The van der Waals surface area contributed by atoms with Crippen molar-refractivity contribution < 1.29 is 14.3 Å². The third-order valence-corrected chi connectivity index (χ3v) is 3.77. The standard InChI is InChI=1S/C17H20N4O3/c1-23-15-6-7-18-17(20-15)19-14-4-2-13(3-5-14)12-16(22)21-8-10-24-11-9-21/h2-7H,8-12H2,1H3,(H,18,19,20). The first kappa shape index (κ1) is 16.2. The summed E-state index contributed by atoms with van der Waals surface area (Å²) in [6, 6.07) is 9.36. The highest BCUT2D eigenvalue weighted by Gasteiger charge is 2.16. The third kappa shape index (κ3) is 4.20. The van der Waals surface area contributed by atoms with Crippen LogP contribution in [0.15, 0.2) is 36.5 Å². The van der Waals surface area contributed by atoms with E-state index in [9.17, 15) is 4.79 Å². The summed E-state index contributed by atoms with van der Waals surface area (Å²) in [4.78, 5) is 22.4. The molecule has 0 radical (unpaired) electrons. The van der Waals surface area contributed by atoms with Crippen LogP contribution in [0, 0.1) is 0 Å². The Hall–Kier alpha value is -2.67. The van der Waals surface area contributed by atoms with Crippen molar-refractivity contribution in [3.05, 3.63) is 42.1 Å². The number of anilines is 2. The number of nitrogens with zero attached hydrogens (tertiary/aromatic N) is 3. The van der Waals surface area contributed by atoms with Crippen molar-refractivity contribution in [2.45, 2.75) is 6.42 Å². The van der Waals surface area contributed by atoms with Crippen LogP contribution in [-0.2, 0) is 16.0 Å². The minimum Gasteiger partial charge on any atom is -0.481 e. The van der Waals surface area contributed by atoms with Crippen molar-refractivity contribution in [3.8, 4) is 5.88 Å². The first-order chi connectivity index (χ1) is 11.7. The highest BCUT2D eigenvalue weighted by atomic mass is 16.5. The number of benzene rings is 1. The molecule has 1 aliphatic heterocycles. The van der Waals surface area contributed by atoms with Crippen LogP contribution < -0.4 is 10.1 Å². The molecule has 0 unspecified atom stereocenters. The SMILES string of the molecule is COc1ccnc(Nc2ccc(CC(=O)N3CCOCC3)cc2)n1. The summed E-state index contributed by atoms with van der Waals surface area (Å²) < 4.78 is 10.3. The second-order valence-electron chi connectivity index (χ2n) is 5.41. The van der Waals surface area contributed by atoms with E-state index >= 15 is 0 Å². The van der Waals surface area contributed by atoms with E-state index in [1.165, 1.54) is 0 Å². The topological polar surface area (TPSA) is 76.6 Å². The largest absolute Gasteiger partial charge is 0.481 e. The van der Waals surface area contributed by atoms with E-state index < -0.39 is 0 Å². The smallest absolute Gasteiger partial charge is 0.230 e. The number of carbonyl (C=O) groups is 1. The molecule has 0 atom stereocenters. The van der Waals surface area contributed by atoms with Crippen molar-refractivity contribution in [1.82, 2.24) is 14.9 Å². The van der Waals surface area contributed by atoms with Gasteiger partial charge in [0.25, 0.3) is 0 Å². The summed E-state index contributed by atoms with van der Waals surface area (Å²) >= 11 is 0. The summed E-state index contributed by atoms with van der Waals surface area (Å²) in [7, 11) is 1.56. The Morgan fingerprint density at radius 3 is 2.71 bits per heavy atom. The Morgan fingerprint density at radius 1 is 1.25 bits per heavy atom. The van der Waals surface area contributed by atoms with E-state index in [0.29, 0.717) is 44.6 Å². The van der Waals surface area contributed by atoms with Gasteiger partial charge < -0.3 is 19.7 Å². The Bertz CT molecular complexity index is 684. The van der Waals surface area contributed by atoms with Gasteiger partial charge in [-0.25, -0.2) is 4.98 Å². The molecule has 1 aromatic heterocycles. The monoisotopic (exact) mass is 328 g/mol. The summed E-state index contributed by atoms with van der Waals surface area (Å²) in [6.45, 7) is 2.58. The minimum atomic E-state index is 0.134. The van der Waals surface area contributed by atoms with Gasteiger partial charge in [0.05, 0.1) is 26.7 Å². The number of amides is 1. The van der Waals surface area contributed by atoms with E-state index in [1.54, 1.807) is 19.4 Å². The maximum absolute atomic E-state index is 12.2. The molecule has 0 saturated carbocycles. The molecular formula is C17H20N4O3. The Kier molecular flexibility index (Phi) is 5.22. The molecule has 1 amide bonds. The number of ether oxygens (including phenoxy) is 2. The van der Waals surface area contributed by atoms with Gasteiger partial charge in [0.2, 0.25) is 17.7 Å². The van der Waals surface area contributed by atoms with Gasteiger partial charge in [-0.2, -0.15) is 4.98 Å². The van der Waals surface area contributed by atoms with Crippen LogP contribution >= 0.6 is 0 Å². The van der Waals surface area contributed by atoms with Crippen LogP contribution in [0.1, 0.15) is 5.56 Å². The number of aromatic nitrogens is 2. The number of hydrogen-bond donors (Lipinski definition) is 1. The number of carbonyl (C=O) groups excluding carboxylic acids is 1. The zero-order valence-electron chi connectivity index (χ0n) is 13.6. The van der Waals surface area contributed by atoms with Gasteiger partial charge in [0, 0.05) is 31.0 Å². The van der Waals surface area contributed by atoms with Crippen LogP contribution in [-0.4, -0.2) is 54.2 Å². The molecule has 1 aliphatic rings. The molecule has 7 heteroatoms. The molecule has 24 heavy (non-hydrogen) atoms. The highest BCUT2D eigenvalue weighted by molar-refractivity contribution is 5.79. The van der Waals surface area contributed by atoms with Crippen LogP contribution in [0.5, 0.6) is 5.88 Å². The molecule has 1 N–H and O–H groups in total. The van der Waals surface area contributed by atoms with Crippen LogP contribution in [0.3, 0.4) is 0 Å². The van der Waals surface area contributed by atoms with Gasteiger partial charge >= 0.3 is 0 Å². The van der Waals surface area contributed by atoms with E-state index in [1.807, 2.05) is 29.2 Å². The fourth-order valence-electron chi connectivity index (χ4n) is 2.45. The second-order valence-corrected chi connectivity index (χ2v) is 5.41.